The molecule has 5 nitrogen and oxygen atoms in total. The Bertz CT molecular complexity index is 633. The molecule has 0 aliphatic rings. The Hall–Kier alpha value is -1.95. The Balaban J connectivity index is 2.39. The van der Waals surface area contributed by atoms with Gasteiger partial charge in [-0.3, -0.25) is 18.6 Å². The smallest absolute Gasteiger partial charge is 0.241 e. The van der Waals surface area contributed by atoms with Crippen LogP contribution >= 0.6 is 0 Å². The van der Waals surface area contributed by atoms with Crippen LogP contribution in [0.2, 0.25) is 0 Å². The maximum atomic E-state index is 12.5. The zero-order valence-electron chi connectivity index (χ0n) is 12.4. The number of anilines is 1. The van der Waals surface area contributed by atoms with Gasteiger partial charge in [-0.15, -0.1) is 0 Å². The molecule has 0 bridgehead atoms. The lowest BCUT2D eigenvalue weighted by molar-refractivity contribution is -0.116. The highest BCUT2D eigenvalue weighted by molar-refractivity contribution is 7.85. The summed E-state index contributed by atoms with van der Waals surface area (Å²) in [5, 5.41) is 4.15. The Morgan fingerprint density at radius 2 is 1.95 bits per heavy atom. The Morgan fingerprint density at radius 3 is 2.48 bits per heavy atom. The first-order valence-electron chi connectivity index (χ1n) is 6.63. The standard InChI is InChI=1S/C15H19N3O2S/c1-12-6-4-7-13(2)15(12)18(14(19)10-21(3)20)11-17-9-5-8-16-17/h4-9H,10-11H2,1-3H3/t21-/m1/s1. The summed E-state index contributed by atoms with van der Waals surface area (Å²) in [7, 11) is -1.17. The number of hydrogen-bond acceptors (Lipinski definition) is 3. The van der Waals surface area contributed by atoms with Gasteiger partial charge in [0, 0.05) is 29.4 Å². The number of carbonyl (C=O) groups is 1. The fraction of sp³-hybridized carbons (Fsp3) is 0.333. The van der Waals surface area contributed by atoms with Gasteiger partial charge in [0.25, 0.3) is 0 Å². The summed E-state index contributed by atoms with van der Waals surface area (Å²) in [6.07, 6.45) is 5.01. The monoisotopic (exact) mass is 305 g/mol. The lowest BCUT2D eigenvalue weighted by Crippen LogP contribution is -2.37. The maximum absolute atomic E-state index is 12.5. The van der Waals surface area contributed by atoms with E-state index in [0.29, 0.717) is 6.67 Å². The van der Waals surface area contributed by atoms with Crippen molar-refractivity contribution in [2.45, 2.75) is 20.5 Å². The fourth-order valence-corrected chi connectivity index (χ4v) is 2.79. The molecule has 1 aromatic carbocycles. The van der Waals surface area contributed by atoms with Crippen LogP contribution in [-0.2, 0) is 22.3 Å². The third-order valence-electron chi connectivity index (χ3n) is 3.18. The highest BCUT2D eigenvalue weighted by Crippen LogP contribution is 2.25. The number of hydrogen-bond donors (Lipinski definition) is 0. The van der Waals surface area contributed by atoms with E-state index < -0.39 is 10.8 Å². The van der Waals surface area contributed by atoms with Crippen LogP contribution in [0.4, 0.5) is 5.69 Å². The zero-order valence-corrected chi connectivity index (χ0v) is 13.3. The van der Waals surface area contributed by atoms with E-state index in [9.17, 15) is 9.00 Å². The van der Waals surface area contributed by atoms with Crippen molar-refractivity contribution in [2.75, 3.05) is 16.9 Å². The molecule has 2 rings (SSSR count). The van der Waals surface area contributed by atoms with Gasteiger partial charge in [0.15, 0.2) is 0 Å². The molecule has 0 aliphatic carbocycles. The first-order chi connectivity index (χ1) is 9.99. The molecule has 0 radical (unpaired) electrons. The van der Waals surface area contributed by atoms with E-state index in [-0.39, 0.29) is 11.7 Å². The van der Waals surface area contributed by atoms with Gasteiger partial charge in [-0.05, 0) is 31.0 Å². The first-order valence-corrected chi connectivity index (χ1v) is 8.36. The van der Waals surface area contributed by atoms with Crippen LogP contribution in [0.25, 0.3) is 0 Å². The minimum absolute atomic E-state index is 0.00897. The van der Waals surface area contributed by atoms with Crippen molar-refractivity contribution < 1.29 is 9.00 Å². The summed E-state index contributed by atoms with van der Waals surface area (Å²) in [5.41, 5.74) is 2.89. The number of aromatic nitrogens is 2. The van der Waals surface area contributed by atoms with Crippen LogP contribution < -0.4 is 4.90 Å². The van der Waals surface area contributed by atoms with Crippen molar-refractivity contribution in [3.63, 3.8) is 0 Å². The van der Waals surface area contributed by atoms with Crippen LogP contribution in [0.15, 0.2) is 36.7 Å². The first kappa shape index (κ1) is 15.4. The molecule has 0 aliphatic heterocycles. The van der Waals surface area contributed by atoms with E-state index in [1.54, 1.807) is 22.0 Å². The maximum Gasteiger partial charge on any atom is 0.241 e. The third kappa shape index (κ3) is 3.78. The van der Waals surface area contributed by atoms with Gasteiger partial charge >= 0.3 is 0 Å². The topological polar surface area (TPSA) is 55.2 Å². The quantitative estimate of drug-likeness (QED) is 0.847. The van der Waals surface area contributed by atoms with E-state index >= 15 is 0 Å². The molecule has 21 heavy (non-hydrogen) atoms. The van der Waals surface area contributed by atoms with Crippen molar-refractivity contribution in [1.29, 1.82) is 0 Å². The highest BCUT2D eigenvalue weighted by Gasteiger charge is 2.20. The number of benzene rings is 1. The second kappa shape index (κ2) is 6.67. The Morgan fingerprint density at radius 1 is 1.29 bits per heavy atom. The summed E-state index contributed by atoms with van der Waals surface area (Å²) >= 11 is 0. The lowest BCUT2D eigenvalue weighted by atomic mass is 10.1. The second-order valence-electron chi connectivity index (χ2n) is 4.97. The van der Waals surface area contributed by atoms with Crippen LogP contribution in [0.3, 0.4) is 0 Å². The van der Waals surface area contributed by atoms with E-state index in [1.807, 2.05) is 38.1 Å². The predicted molar refractivity (Wildman–Crippen MR) is 84.6 cm³/mol. The van der Waals surface area contributed by atoms with Gasteiger partial charge < -0.3 is 0 Å². The van der Waals surface area contributed by atoms with Gasteiger partial charge in [-0.2, -0.15) is 5.10 Å². The number of carbonyl (C=O) groups excluding carboxylic acids is 1. The molecule has 112 valence electrons. The zero-order chi connectivity index (χ0) is 15.4. The fourth-order valence-electron chi connectivity index (χ4n) is 2.29. The molecule has 6 heteroatoms. The Kier molecular flexibility index (Phi) is 4.90. The van der Waals surface area contributed by atoms with Crippen molar-refractivity contribution in [3.8, 4) is 0 Å². The molecular weight excluding hydrogens is 286 g/mol. The van der Waals surface area contributed by atoms with Gasteiger partial charge in [-0.25, -0.2) is 0 Å². The summed E-state index contributed by atoms with van der Waals surface area (Å²) in [4.78, 5) is 14.1. The van der Waals surface area contributed by atoms with Gasteiger partial charge in [-0.1, -0.05) is 18.2 Å². The van der Waals surface area contributed by atoms with E-state index in [0.717, 1.165) is 16.8 Å². The Labute approximate surface area is 127 Å². The number of amides is 1. The molecule has 0 saturated carbocycles. The third-order valence-corrected chi connectivity index (χ3v) is 3.84. The predicted octanol–water partition coefficient (Wildman–Crippen LogP) is 1.87. The van der Waals surface area contributed by atoms with Gasteiger partial charge in [0.1, 0.15) is 12.4 Å². The second-order valence-corrected chi connectivity index (χ2v) is 6.40. The number of rotatable bonds is 5. The summed E-state index contributed by atoms with van der Waals surface area (Å²) in [6.45, 7) is 4.25. The van der Waals surface area contributed by atoms with E-state index in [1.165, 1.54) is 6.26 Å². The van der Waals surface area contributed by atoms with Crippen molar-refractivity contribution in [3.05, 3.63) is 47.8 Å². The molecule has 0 unspecified atom stereocenters. The minimum atomic E-state index is -1.17. The molecule has 0 fully saturated rings. The number of nitrogens with zero attached hydrogens (tertiary/aromatic N) is 3. The summed E-state index contributed by atoms with van der Waals surface area (Å²) in [5.74, 6) is -0.154. The number of aryl methyl sites for hydroxylation is 2. The van der Waals surface area contributed by atoms with Crippen molar-refractivity contribution in [1.82, 2.24) is 9.78 Å². The largest absolute Gasteiger partial charge is 0.291 e. The van der Waals surface area contributed by atoms with Crippen LogP contribution in [0.5, 0.6) is 0 Å². The van der Waals surface area contributed by atoms with Crippen LogP contribution in [-0.4, -0.2) is 31.9 Å². The molecule has 1 heterocycles. The molecule has 0 N–H and O–H groups in total. The van der Waals surface area contributed by atoms with Crippen molar-refractivity contribution >= 4 is 22.4 Å². The average Bonchev–Trinajstić information content (AvgIpc) is 2.89. The highest BCUT2D eigenvalue weighted by atomic mass is 32.2. The average molecular weight is 305 g/mol. The molecule has 1 aromatic heterocycles. The molecule has 0 spiro atoms. The lowest BCUT2D eigenvalue weighted by Gasteiger charge is -2.26. The minimum Gasteiger partial charge on any atom is -0.291 e. The molecule has 2 aromatic rings. The number of para-hydroxylation sites is 1. The van der Waals surface area contributed by atoms with Gasteiger partial charge in [0.2, 0.25) is 5.91 Å². The van der Waals surface area contributed by atoms with E-state index in [4.69, 9.17) is 0 Å². The van der Waals surface area contributed by atoms with Gasteiger partial charge in [0.05, 0.1) is 5.69 Å². The van der Waals surface area contributed by atoms with Crippen LogP contribution in [0.1, 0.15) is 11.1 Å². The molecule has 1 amide bonds. The summed E-state index contributed by atoms with van der Waals surface area (Å²) in [6, 6.07) is 7.71. The molecule has 1 atom stereocenters. The van der Waals surface area contributed by atoms with Crippen molar-refractivity contribution in [2.24, 2.45) is 0 Å². The molecular formula is C15H19N3O2S. The molecule has 0 saturated heterocycles. The van der Waals surface area contributed by atoms with E-state index in [2.05, 4.69) is 5.10 Å². The normalized spacial score (nSPS) is 12.1. The van der Waals surface area contributed by atoms with Crippen LogP contribution in [0, 0.1) is 13.8 Å². The SMILES string of the molecule is Cc1cccc(C)c1N(Cn1cccn1)C(=O)C[S@@](C)=O. The summed E-state index contributed by atoms with van der Waals surface area (Å²) < 4.78 is 13.1.